The predicted octanol–water partition coefficient (Wildman–Crippen LogP) is 4.84. The Morgan fingerprint density at radius 3 is 2.62 bits per heavy atom. The lowest BCUT2D eigenvalue weighted by Crippen LogP contribution is -2.68. The molecule has 1 aromatic carbocycles. The Bertz CT molecular complexity index is 1370. The number of rotatable bonds is 4. The van der Waals surface area contributed by atoms with Crippen molar-refractivity contribution in [3.8, 4) is 0 Å². The molecular formula is C25H24F5N7. The number of aromatic nitrogens is 4. The minimum absolute atomic E-state index is 0.107. The standard InChI is InChI=1S/C25H24F5N7/c26-18-3-2-15(10-19(18)27)36-8-1-9-37-23(36)33-22(34-37)32-21-16-4-6-24(16)13-35(12-17(21)24)14-5-7-31-20(11-14)25(28,29)30/h2-3,5,7,10-11,16-17,21H,1,4,6,8-9,12-13H2,(H,32,34)/t16?,17-,21+,24?/m0/s1. The minimum atomic E-state index is -4.48. The van der Waals surface area contributed by atoms with E-state index in [4.69, 9.17) is 4.98 Å². The van der Waals surface area contributed by atoms with E-state index < -0.39 is 23.5 Å². The maximum absolute atomic E-state index is 13.9. The number of nitrogens with zero attached hydrogens (tertiary/aromatic N) is 6. The zero-order valence-electron chi connectivity index (χ0n) is 19.7. The summed E-state index contributed by atoms with van der Waals surface area (Å²) in [5.74, 6) is -0.0674. The second kappa shape index (κ2) is 7.78. The third-order valence-corrected chi connectivity index (χ3v) is 8.72. The third kappa shape index (κ3) is 3.40. The van der Waals surface area contributed by atoms with Crippen LogP contribution in [0, 0.1) is 28.9 Å². The summed E-state index contributed by atoms with van der Waals surface area (Å²) in [5.41, 5.74) is 0.298. The number of halogens is 5. The highest BCUT2D eigenvalue weighted by Gasteiger charge is 2.70. The Labute approximate surface area is 209 Å². The number of hydrogen-bond donors (Lipinski definition) is 1. The summed E-state index contributed by atoms with van der Waals surface area (Å²) in [6, 6.07) is 6.71. The summed E-state index contributed by atoms with van der Waals surface area (Å²) in [6.07, 6.45) is -0.350. The van der Waals surface area contributed by atoms with Gasteiger partial charge in [0.25, 0.3) is 0 Å². The van der Waals surface area contributed by atoms with Crippen molar-refractivity contribution in [1.29, 1.82) is 0 Å². The number of anilines is 4. The van der Waals surface area contributed by atoms with Gasteiger partial charge in [0.05, 0.1) is 0 Å². The molecule has 1 saturated heterocycles. The van der Waals surface area contributed by atoms with E-state index in [1.807, 2.05) is 9.80 Å². The first-order valence-corrected chi connectivity index (χ1v) is 12.5. The molecule has 4 atom stereocenters. The van der Waals surface area contributed by atoms with Crippen LogP contribution in [-0.4, -0.2) is 45.4 Å². The Balaban J connectivity index is 1.11. The molecule has 0 amide bonds. The van der Waals surface area contributed by atoms with Gasteiger partial charge < -0.3 is 15.1 Å². The molecule has 2 unspecified atom stereocenters. The molecule has 4 heterocycles. The van der Waals surface area contributed by atoms with Crippen molar-refractivity contribution >= 4 is 23.3 Å². The molecule has 3 fully saturated rings. The van der Waals surface area contributed by atoms with Crippen LogP contribution < -0.4 is 15.1 Å². The largest absolute Gasteiger partial charge is 0.433 e. The SMILES string of the molecule is Fc1ccc(N2CCCn3nc(N[C@@H]4C5CCC56CN(c5ccnc(C(F)(F)F)c5)C[C@@H]46)nc32)cc1F. The van der Waals surface area contributed by atoms with Crippen molar-refractivity contribution in [2.24, 2.45) is 17.3 Å². The van der Waals surface area contributed by atoms with E-state index >= 15 is 0 Å². The topological polar surface area (TPSA) is 62.1 Å². The lowest BCUT2D eigenvalue weighted by molar-refractivity contribution is -0.141. The van der Waals surface area contributed by atoms with Crippen LogP contribution >= 0.6 is 0 Å². The second-order valence-electron chi connectivity index (χ2n) is 10.5. The number of alkyl halides is 3. The molecule has 2 aliphatic heterocycles. The van der Waals surface area contributed by atoms with Gasteiger partial charge in [0.2, 0.25) is 11.9 Å². The van der Waals surface area contributed by atoms with Crippen LogP contribution in [0.25, 0.3) is 0 Å². The van der Waals surface area contributed by atoms with Crippen molar-refractivity contribution in [3.05, 3.63) is 53.9 Å². The molecule has 2 aliphatic carbocycles. The smallest absolute Gasteiger partial charge is 0.370 e. The molecule has 1 spiro atoms. The van der Waals surface area contributed by atoms with Gasteiger partial charge in [0, 0.05) is 61.8 Å². The quantitative estimate of drug-likeness (QED) is 0.500. The fraction of sp³-hybridized carbons (Fsp3) is 0.480. The highest BCUT2D eigenvalue weighted by molar-refractivity contribution is 5.59. The van der Waals surface area contributed by atoms with Crippen LogP contribution in [0.15, 0.2) is 36.5 Å². The van der Waals surface area contributed by atoms with Crippen molar-refractivity contribution in [3.63, 3.8) is 0 Å². The van der Waals surface area contributed by atoms with Crippen LogP contribution in [0.4, 0.5) is 45.2 Å². The van der Waals surface area contributed by atoms with Crippen LogP contribution in [0.3, 0.4) is 0 Å². The molecule has 37 heavy (non-hydrogen) atoms. The zero-order chi connectivity index (χ0) is 25.5. The van der Waals surface area contributed by atoms with Gasteiger partial charge in [-0.15, -0.1) is 5.10 Å². The van der Waals surface area contributed by atoms with E-state index in [2.05, 4.69) is 15.4 Å². The fourth-order valence-corrected chi connectivity index (χ4v) is 6.90. The average molecular weight is 518 g/mol. The molecule has 0 bridgehead atoms. The normalized spacial score (nSPS) is 28.2. The zero-order valence-corrected chi connectivity index (χ0v) is 19.7. The number of benzene rings is 1. The Morgan fingerprint density at radius 2 is 1.86 bits per heavy atom. The Hall–Kier alpha value is -3.44. The van der Waals surface area contributed by atoms with Gasteiger partial charge in [-0.3, -0.25) is 4.98 Å². The molecule has 2 aromatic heterocycles. The minimum Gasteiger partial charge on any atom is -0.370 e. The van der Waals surface area contributed by atoms with Crippen LogP contribution in [0.2, 0.25) is 0 Å². The lowest BCUT2D eigenvalue weighted by atomic mass is 9.41. The first kappa shape index (κ1) is 22.7. The van der Waals surface area contributed by atoms with Gasteiger partial charge >= 0.3 is 6.18 Å². The monoisotopic (exact) mass is 517 g/mol. The third-order valence-electron chi connectivity index (χ3n) is 8.72. The number of fused-ring (bicyclic) bond motifs is 1. The summed E-state index contributed by atoms with van der Waals surface area (Å²) < 4.78 is 68.7. The molecule has 4 aliphatic rings. The van der Waals surface area contributed by atoms with Crippen molar-refractivity contribution in [2.45, 2.75) is 38.0 Å². The van der Waals surface area contributed by atoms with Gasteiger partial charge in [-0.05, 0) is 54.9 Å². The first-order valence-electron chi connectivity index (χ1n) is 12.5. The second-order valence-corrected chi connectivity index (χ2v) is 10.5. The van der Waals surface area contributed by atoms with E-state index in [1.54, 1.807) is 10.7 Å². The number of aryl methyl sites for hydroxylation is 1. The van der Waals surface area contributed by atoms with Crippen LogP contribution in [-0.2, 0) is 12.7 Å². The molecule has 12 heteroatoms. The maximum Gasteiger partial charge on any atom is 0.433 e. The van der Waals surface area contributed by atoms with E-state index in [0.29, 0.717) is 48.8 Å². The highest BCUT2D eigenvalue weighted by atomic mass is 19.4. The van der Waals surface area contributed by atoms with Crippen LogP contribution in [0.5, 0.6) is 0 Å². The molecule has 2 saturated carbocycles. The maximum atomic E-state index is 13.9. The molecule has 3 aromatic rings. The molecule has 194 valence electrons. The highest BCUT2D eigenvalue weighted by Crippen LogP contribution is 2.68. The summed E-state index contributed by atoms with van der Waals surface area (Å²) in [6.45, 7) is 2.67. The van der Waals surface area contributed by atoms with E-state index in [9.17, 15) is 22.0 Å². The number of pyridine rings is 1. The molecule has 7 nitrogen and oxygen atoms in total. The summed E-state index contributed by atoms with van der Waals surface area (Å²) in [7, 11) is 0. The van der Waals surface area contributed by atoms with E-state index in [-0.39, 0.29) is 17.4 Å². The first-order chi connectivity index (χ1) is 17.7. The fourth-order valence-electron chi connectivity index (χ4n) is 6.90. The van der Waals surface area contributed by atoms with Gasteiger partial charge in [0.1, 0.15) is 5.69 Å². The lowest BCUT2D eigenvalue weighted by Gasteiger charge is -2.65. The van der Waals surface area contributed by atoms with Gasteiger partial charge in [-0.1, -0.05) is 0 Å². The Morgan fingerprint density at radius 1 is 1.00 bits per heavy atom. The van der Waals surface area contributed by atoms with Gasteiger partial charge in [0.15, 0.2) is 11.6 Å². The molecular weight excluding hydrogens is 493 g/mol. The molecule has 7 rings (SSSR count). The summed E-state index contributed by atoms with van der Waals surface area (Å²) in [5, 5.41) is 8.15. The molecule has 0 radical (unpaired) electrons. The number of hydrogen-bond acceptors (Lipinski definition) is 6. The van der Waals surface area contributed by atoms with Crippen LogP contribution in [0.1, 0.15) is 25.0 Å². The van der Waals surface area contributed by atoms with Crippen molar-refractivity contribution < 1.29 is 22.0 Å². The van der Waals surface area contributed by atoms with Gasteiger partial charge in [-0.25, -0.2) is 13.5 Å². The predicted molar refractivity (Wildman–Crippen MR) is 126 cm³/mol. The van der Waals surface area contributed by atoms with Crippen molar-refractivity contribution in [1.82, 2.24) is 19.7 Å². The average Bonchev–Trinajstić information content (AvgIpc) is 3.46. The summed E-state index contributed by atoms with van der Waals surface area (Å²) >= 11 is 0. The summed E-state index contributed by atoms with van der Waals surface area (Å²) in [4.78, 5) is 12.1. The van der Waals surface area contributed by atoms with Gasteiger partial charge in [-0.2, -0.15) is 18.2 Å². The van der Waals surface area contributed by atoms with Crippen molar-refractivity contribution in [2.75, 3.05) is 34.8 Å². The van der Waals surface area contributed by atoms with E-state index in [1.165, 1.54) is 12.3 Å². The van der Waals surface area contributed by atoms with E-state index in [0.717, 1.165) is 44.0 Å². The number of nitrogens with one attached hydrogen (secondary N) is 1. The molecule has 1 N–H and O–H groups in total. The Kier molecular flexibility index (Phi) is 4.78.